The molecule has 2 aromatic carbocycles. The minimum atomic E-state index is 0.114. The fraction of sp³-hybridized carbons (Fsp3) is 0.381. The topological polar surface area (TPSA) is 55.3 Å². The van der Waals surface area contributed by atoms with Crippen LogP contribution in [0.4, 0.5) is 5.69 Å². The van der Waals surface area contributed by atoms with Gasteiger partial charge in [-0.15, -0.1) is 0 Å². The lowest BCUT2D eigenvalue weighted by Crippen LogP contribution is -2.36. The number of nitrogens with one attached hydrogen (secondary N) is 1. The molecule has 0 spiro atoms. The molecular formula is C21H25N3O3. The molecule has 0 saturated carbocycles. The highest BCUT2D eigenvalue weighted by Crippen LogP contribution is 2.31. The molecule has 2 aromatic rings. The van der Waals surface area contributed by atoms with Gasteiger partial charge in [0.2, 0.25) is 0 Å². The van der Waals surface area contributed by atoms with Crippen molar-refractivity contribution in [3.05, 3.63) is 53.6 Å². The molecule has 4 rings (SSSR count). The lowest BCUT2D eigenvalue weighted by atomic mass is 9.98. The van der Waals surface area contributed by atoms with E-state index >= 15 is 0 Å². The number of methoxy groups -OCH3 is 2. The van der Waals surface area contributed by atoms with E-state index in [4.69, 9.17) is 14.2 Å². The summed E-state index contributed by atoms with van der Waals surface area (Å²) in [4.78, 5) is 2.35. The number of benzene rings is 2. The highest BCUT2D eigenvalue weighted by molar-refractivity contribution is 6.02. The number of hydrazone groups is 1. The second-order valence-corrected chi connectivity index (χ2v) is 6.74. The van der Waals surface area contributed by atoms with Crippen molar-refractivity contribution in [1.82, 2.24) is 5.43 Å². The van der Waals surface area contributed by atoms with E-state index in [1.807, 2.05) is 18.2 Å². The van der Waals surface area contributed by atoms with E-state index in [2.05, 4.69) is 39.7 Å². The maximum Gasteiger partial charge on any atom is 0.122 e. The molecule has 142 valence electrons. The summed E-state index contributed by atoms with van der Waals surface area (Å²) < 4.78 is 16.2. The van der Waals surface area contributed by atoms with E-state index in [9.17, 15) is 0 Å². The third kappa shape index (κ3) is 3.85. The molecule has 6 nitrogen and oxygen atoms in total. The molecule has 2 heterocycles. The van der Waals surface area contributed by atoms with Crippen molar-refractivity contribution in [2.75, 3.05) is 45.4 Å². The third-order valence-electron chi connectivity index (χ3n) is 5.11. The van der Waals surface area contributed by atoms with Gasteiger partial charge in [-0.05, 0) is 35.4 Å². The molecule has 1 N–H and O–H groups in total. The van der Waals surface area contributed by atoms with Gasteiger partial charge in [0.25, 0.3) is 0 Å². The monoisotopic (exact) mass is 367 g/mol. The van der Waals surface area contributed by atoms with Crippen LogP contribution in [-0.4, -0.2) is 46.2 Å². The summed E-state index contributed by atoms with van der Waals surface area (Å²) in [7, 11) is 3.33. The van der Waals surface area contributed by atoms with Crippen LogP contribution in [0.15, 0.2) is 47.6 Å². The van der Waals surface area contributed by atoms with Crippen LogP contribution in [0, 0.1) is 0 Å². The van der Waals surface area contributed by atoms with E-state index in [0.29, 0.717) is 0 Å². The number of nitrogens with zero attached hydrogens (tertiary/aromatic N) is 2. The molecule has 0 amide bonds. The van der Waals surface area contributed by atoms with E-state index in [1.54, 1.807) is 14.2 Å². The first-order chi connectivity index (χ1) is 13.3. The van der Waals surface area contributed by atoms with Crippen molar-refractivity contribution in [3.63, 3.8) is 0 Å². The van der Waals surface area contributed by atoms with Gasteiger partial charge < -0.3 is 24.5 Å². The van der Waals surface area contributed by atoms with Crippen LogP contribution in [0.3, 0.4) is 0 Å². The van der Waals surface area contributed by atoms with Crippen LogP contribution < -0.4 is 19.8 Å². The van der Waals surface area contributed by atoms with Gasteiger partial charge in [0.1, 0.15) is 11.5 Å². The number of ether oxygens (including phenoxy) is 3. The first kappa shape index (κ1) is 17.7. The second kappa shape index (κ2) is 7.88. The van der Waals surface area contributed by atoms with Crippen LogP contribution in [0.5, 0.6) is 11.5 Å². The predicted molar refractivity (Wildman–Crippen MR) is 106 cm³/mol. The van der Waals surface area contributed by atoms with Gasteiger partial charge >= 0.3 is 0 Å². The Bertz CT molecular complexity index is 792. The van der Waals surface area contributed by atoms with Crippen LogP contribution in [-0.2, 0) is 4.74 Å². The molecule has 0 radical (unpaired) electrons. The zero-order chi connectivity index (χ0) is 18.6. The first-order valence-corrected chi connectivity index (χ1v) is 9.25. The summed E-state index contributed by atoms with van der Waals surface area (Å²) in [5, 5.41) is 4.57. The van der Waals surface area contributed by atoms with Gasteiger partial charge in [-0.2, -0.15) is 5.10 Å². The number of anilines is 1. The van der Waals surface area contributed by atoms with Crippen molar-refractivity contribution in [2.24, 2.45) is 5.10 Å². The normalized spacial score (nSPS) is 19.4. The molecule has 1 fully saturated rings. The molecule has 6 heteroatoms. The highest BCUT2D eigenvalue weighted by Gasteiger charge is 2.22. The number of hydrogen-bond donors (Lipinski definition) is 1. The Labute approximate surface area is 159 Å². The summed E-state index contributed by atoms with van der Waals surface area (Å²) in [6.07, 6.45) is 0.827. The van der Waals surface area contributed by atoms with Crippen LogP contribution in [0.1, 0.15) is 23.6 Å². The summed E-state index contributed by atoms with van der Waals surface area (Å²) in [5.41, 5.74) is 7.81. The van der Waals surface area contributed by atoms with Crippen molar-refractivity contribution in [1.29, 1.82) is 0 Å². The minimum absolute atomic E-state index is 0.114. The minimum Gasteiger partial charge on any atom is -0.497 e. The summed E-state index contributed by atoms with van der Waals surface area (Å²) in [5.74, 6) is 1.57. The Hall–Kier alpha value is -2.73. The molecule has 0 aliphatic carbocycles. The molecule has 1 saturated heterocycles. The van der Waals surface area contributed by atoms with E-state index in [0.717, 1.165) is 61.1 Å². The molecule has 1 unspecified atom stereocenters. The lowest BCUT2D eigenvalue weighted by Gasteiger charge is -2.28. The molecule has 0 aromatic heterocycles. The Morgan fingerprint density at radius 1 is 1.00 bits per heavy atom. The summed E-state index contributed by atoms with van der Waals surface area (Å²) in [6.45, 7) is 3.48. The Kier molecular flexibility index (Phi) is 5.16. The lowest BCUT2D eigenvalue weighted by molar-refractivity contribution is 0.122. The molecule has 0 bridgehead atoms. The maximum absolute atomic E-state index is 5.43. The van der Waals surface area contributed by atoms with E-state index < -0.39 is 0 Å². The second-order valence-electron chi connectivity index (χ2n) is 6.74. The van der Waals surface area contributed by atoms with Gasteiger partial charge in [-0.1, -0.05) is 12.1 Å². The van der Waals surface area contributed by atoms with Crippen molar-refractivity contribution in [2.45, 2.75) is 12.5 Å². The van der Waals surface area contributed by atoms with Crippen molar-refractivity contribution >= 4 is 11.4 Å². The van der Waals surface area contributed by atoms with Crippen LogP contribution in [0.2, 0.25) is 0 Å². The summed E-state index contributed by atoms with van der Waals surface area (Å²) >= 11 is 0. The van der Waals surface area contributed by atoms with Crippen molar-refractivity contribution in [3.8, 4) is 11.5 Å². The fourth-order valence-corrected chi connectivity index (χ4v) is 3.53. The molecule has 27 heavy (non-hydrogen) atoms. The Morgan fingerprint density at radius 2 is 1.67 bits per heavy atom. The number of hydrogen-bond acceptors (Lipinski definition) is 6. The van der Waals surface area contributed by atoms with E-state index in [-0.39, 0.29) is 6.04 Å². The molecule has 2 aliphatic rings. The fourth-order valence-electron chi connectivity index (χ4n) is 3.53. The van der Waals surface area contributed by atoms with Gasteiger partial charge in [0.15, 0.2) is 0 Å². The third-order valence-corrected chi connectivity index (χ3v) is 5.11. The zero-order valence-corrected chi connectivity index (χ0v) is 15.8. The zero-order valence-electron chi connectivity index (χ0n) is 15.8. The maximum atomic E-state index is 5.43. The average molecular weight is 367 g/mol. The standard InChI is InChI=1S/C21H25N3O3/c1-25-18-11-16(12-19(13-18)26-2)21-14-20(22-23-21)15-3-5-17(6-4-15)24-7-9-27-10-8-24/h3-6,11-13,21,23H,7-10,14H2,1-2H3. The molecular weight excluding hydrogens is 342 g/mol. The van der Waals surface area contributed by atoms with Gasteiger partial charge in [-0.25, -0.2) is 0 Å². The Balaban J connectivity index is 1.46. The summed E-state index contributed by atoms with van der Waals surface area (Å²) in [6, 6.07) is 14.7. The van der Waals surface area contributed by atoms with Gasteiger partial charge in [0, 0.05) is 31.3 Å². The quantitative estimate of drug-likeness (QED) is 0.881. The predicted octanol–water partition coefficient (Wildman–Crippen LogP) is 2.98. The Morgan fingerprint density at radius 3 is 2.30 bits per heavy atom. The van der Waals surface area contributed by atoms with Gasteiger partial charge in [0.05, 0.1) is 39.2 Å². The molecule has 2 aliphatic heterocycles. The average Bonchev–Trinajstić information content (AvgIpc) is 3.24. The SMILES string of the molecule is COc1cc(OC)cc(C2CC(c3ccc(N4CCOCC4)cc3)=NN2)c1. The van der Waals surface area contributed by atoms with Gasteiger partial charge in [-0.3, -0.25) is 0 Å². The van der Waals surface area contributed by atoms with Crippen molar-refractivity contribution < 1.29 is 14.2 Å². The number of rotatable bonds is 5. The van der Waals surface area contributed by atoms with E-state index in [1.165, 1.54) is 5.69 Å². The largest absolute Gasteiger partial charge is 0.497 e. The first-order valence-electron chi connectivity index (χ1n) is 9.25. The molecule has 1 atom stereocenters. The smallest absolute Gasteiger partial charge is 0.122 e. The number of morpholine rings is 1. The van der Waals surface area contributed by atoms with Crippen LogP contribution >= 0.6 is 0 Å². The highest BCUT2D eigenvalue weighted by atomic mass is 16.5. The van der Waals surface area contributed by atoms with Crippen LogP contribution in [0.25, 0.3) is 0 Å².